The Morgan fingerprint density at radius 2 is 2.19 bits per heavy atom. The summed E-state index contributed by atoms with van der Waals surface area (Å²) in [6, 6.07) is 4.24. The monoisotopic (exact) mass is 474 g/mol. The first-order valence-corrected chi connectivity index (χ1v) is 9.40. The number of rotatable bonds is 7. The lowest BCUT2D eigenvalue weighted by molar-refractivity contribution is -0.125. The molecule has 1 aromatic heterocycles. The highest BCUT2D eigenvalue weighted by atomic mass is 127. The van der Waals surface area contributed by atoms with Crippen LogP contribution in [0.1, 0.15) is 39.0 Å². The maximum Gasteiger partial charge on any atom is 0.191 e. The molecule has 2 fully saturated rings. The molecular weight excluding hydrogens is 443 g/mol. The third-order valence-corrected chi connectivity index (χ3v) is 5.52. The predicted molar refractivity (Wildman–Crippen MR) is 114 cm³/mol. The maximum atomic E-state index is 5.98. The van der Waals surface area contributed by atoms with E-state index in [1.54, 1.807) is 12.4 Å². The Morgan fingerprint density at radius 1 is 1.38 bits per heavy atom. The minimum Gasteiger partial charge on any atom is -0.490 e. The third kappa shape index (κ3) is 4.79. The van der Waals surface area contributed by atoms with E-state index in [9.17, 15) is 0 Å². The van der Waals surface area contributed by atoms with Gasteiger partial charge in [-0.25, -0.2) is 0 Å². The van der Waals surface area contributed by atoms with Crippen LogP contribution < -0.4 is 15.4 Å². The minimum absolute atomic E-state index is 0. The lowest BCUT2D eigenvalue weighted by Crippen LogP contribution is -2.65. The second-order valence-corrected chi connectivity index (χ2v) is 6.85. The van der Waals surface area contributed by atoms with Crippen LogP contribution in [0.5, 0.6) is 5.75 Å². The summed E-state index contributed by atoms with van der Waals surface area (Å²) in [4.78, 5) is 8.41. The van der Waals surface area contributed by atoms with E-state index in [-0.39, 0.29) is 24.0 Å². The van der Waals surface area contributed by atoms with E-state index in [0.717, 1.165) is 24.7 Å². The van der Waals surface area contributed by atoms with Crippen LogP contribution in [0.2, 0.25) is 0 Å². The van der Waals surface area contributed by atoms with Crippen LogP contribution in [0.25, 0.3) is 0 Å². The highest BCUT2D eigenvalue weighted by Crippen LogP contribution is 2.54. The van der Waals surface area contributed by atoms with Crippen LogP contribution >= 0.6 is 24.0 Å². The molecule has 1 heterocycles. The predicted octanol–water partition coefficient (Wildman–Crippen LogP) is 2.98. The van der Waals surface area contributed by atoms with Crippen molar-refractivity contribution in [2.24, 2.45) is 10.4 Å². The van der Waals surface area contributed by atoms with Gasteiger partial charge in [0.2, 0.25) is 0 Å². The van der Waals surface area contributed by atoms with E-state index in [2.05, 4.69) is 27.5 Å². The molecule has 0 aliphatic heterocycles. The number of nitrogens with one attached hydrogen (secondary N) is 2. The molecular formula is C19H31IN4O2. The number of nitrogens with zero attached hydrogens (tertiary/aromatic N) is 2. The van der Waals surface area contributed by atoms with Crippen LogP contribution in [0.15, 0.2) is 29.5 Å². The van der Waals surface area contributed by atoms with Crippen molar-refractivity contribution >= 4 is 29.9 Å². The number of hydrogen-bond acceptors (Lipinski definition) is 4. The minimum atomic E-state index is 0. The Bertz CT molecular complexity index is 564. The molecule has 2 aliphatic carbocycles. The van der Waals surface area contributed by atoms with Gasteiger partial charge >= 0.3 is 0 Å². The van der Waals surface area contributed by atoms with Gasteiger partial charge in [-0.3, -0.25) is 9.98 Å². The van der Waals surface area contributed by atoms with Crippen molar-refractivity contribution in [3.63, 3.8) is 0 Å². The van der Waals surface area contributed by atoms with Crippen molar-refractivity contribution in [3.8, 4) is 5.75 Å². The summed E-state index contributed by atoms with van der Waals surface area (Å²) in [5.41, 5.74) is 0.305. The number of pyridine rings is 1. The summed E-state index contributed by atoms with van der Waals surface area (Å²) in [5.74, 6) is 1.64. The molecule has 1 spiro atoms. The molecule has 2 saturated carbocycles. The van der Waals surface area contributed by atoms with Gasteiger partial charge in [-0.05, 0) is 38.3 Å². The molecule has 0 bridgehead atoms. The van der Waals surface area contributed by atoms with Crippen molar-refractivity contribution in [1.82, 2.24) is 15.6 Å². The zero-order valence-electron chi connectivity index (χ0n) is 15.7. The Hall–Kier alpha value is -1.09. The average molecular weight is 474 g/mol. The zero-order chi connectivity index (χ0) is 17.5. The maximum absolute atomic E-state index is 5.98. The summed E-state index contributed by atoms with van der Waals surface area (Å²) < 4.78 is 11.6. The first-order chi connectivity index (χ1) is 12.3. The molecule has 1 aromatic rings. The lowest BCUT2D eigenvalue weighted by atomic mass is 9.60. The van der Waals surface area contributed by atoms with Crippen molar-refractivity contribution in [2.45, 2.75) is 51.2 Å². The summed E-state index contributed by atoms with van der Waals surface area (Å²) in [6.07, 6.45) is 10.1. The number of aromatic nitrogens is 1. The fourth-order valence-corrected chi connectivity index (χ4v) is 4.22. The number of aliphatic imine (C=N–C) groups is 1. The fraction of sp³-hybridized carbons (Fsp3) is 0.684. The molecule has 146 valence electrons. The molecule has 0 aromatic carbocycles. The smallest absolute Gasteiger partial charge is 0.191 e. The summed E-state index contributed by atoms with van der Waals surface area (Å²) in [6.45, 7) is 4.16. The molecule has 7 heteroatoms. The third-order valence-electron chi connectivity index (χ3n) is 5.52. The average Bonchev–Trinajstić information content (AvgIpc) is 3.16. The molecule has 2 N–H and O–H groups in total. The molecule has 2 unspecified atom stereocenters. The largest absolute Gasteiger partial charge is 0.490 e. The van der Waals surface area contributed by atoms with Gasteiger partial charge in [-0.1, -0.05) is 12.8 Å². The molecule has 0 radical (unpaired) electrons. The van der Waals surface area contributed by atoms with E-state index < -0.39 is 0 Å². The Balaban J connectivity index is 0.00000243. The van der Waals surface area contributed by atoms with E-state index in [0.29, 0.717) is 30.7 Å². The second-order valence-electron chi connectivity index (χ2n) is 6.85. The van der Waals surface area contributed by atoms with Crippen molar-refractivity contribution in [3.05, 3.63) is 24.5 Å². The van der Waals surface area contributed by atoms with Gasteiger partial charge in [0.05, 0.1) is 18.8 Å². The van der Waals surface area contributed by atoms with E-state index in [1.807, 2.05) is 19.2 Å². The first-order valence-electron chi connectivity index (χ1n) is 9.40. The zero-order valence-corrected chi connectivity index (χ0v) is 18.1. The Morgan fingerprint density at radius 3 is 2.85 bits per heavy atom. The van der Waals surface area contributed by atoms with Gasteiger partial charge in [0.15, 0.2) is 5.96 Å². The van der Waals surface area contributed by atoms with Crippen LogP contribution in [0.3, 0.4) is 0 Å². The highest BCUT2D eigenvalue weighted by molar-refractivity contribution is 14.0. The number of ether oxygens (including phenoxy) is 2. The molecule has 2 atom stereocenters. The van der Waals surface area contributed by atoms with E-state index in [4.69, 9.17) is 9.47 Å². The lowest BCUT2D eigenvalue weighted by Gasteiger charge is -2.54. The second kappa shape index (κ2) is 10.3. The van der Waals surface area contributed by atoms with Crippen molar-refractivity contribution in [1.29, 1.82) is 0 Å². The van der Waals surface area contributed by atoms with Gasteiger partial charge < -0.3 is 20.1 Å². The molecule has 2 aliphatic rings. The van der Waals surface area contributed by atoms with Gasteiger partial charge in [-0.15, -0.1) is 24.0 Å². The van der Waals surface area contributed by atoms with Gasteiger partial charge in [-0.2, -0.15) is 0 Å². The fourth-order valence-electron chi connectivity index (χ4n) is 4.22. The molecule has 0 saturated heterocycles. The highest BCUT2D eigenvalue weighted by Gasteiger charge is 2.56. The molecule has 26 heavy (non-hydrogen) atoms. The van der Waals surface area contributed by atoms with Crippen LogP contribution in [-0.2, 0) is 4.74 Å². The van der Waals surface area contributed by atoms with Crippen LogP contribution in [0.4, 0.5) is 0 Å². The number of hydrogen-bond donors (Lipinski definition) is 2. The summed E-state index contributed by atoms with van der Waals surface area (Å²) >= 11 is 0. The first kappa shape index (κ1) is 21.2. The van der Waals surface area contributed by atoms with Gasteiger partial charge in [0, 0.05) is 31.3 Å². The van der Waals surface area contributed by atoms with Crippen LogP contribution in [0, 0.1) is 5.41 Å². The topological polar surface area (TPSA) is 67.8 Å². The molecule has 6 nitrogen and oxygen atoms in total. The summed E-state index contributed by atoms with van der Waals surface area (Å²) in [5, 5.41) is 6.96. The Kier molecular flexibility index (Phi) is 8.40. The number of halogens is 1. The molecule has 0 amide bonds. The van der Waals surface area contributed by atoms with Gasteiger partial charge in [0.25, 0.3) is 0 Å². The van der Waals surface area contributed by atoms with Crippen molar-refractivity contribution < 1.29 is 9.47 Å². The quantitative estimate of drug-likeness (QED) is 0.275. The summed E-state index contributed by atoms with van der Waals surface area (Å²) in [7, 11) is 1.82. The Labute approximate surface area is 173 Å². The van der Waals surface area contributed by atoms with Crippen LogP contribution in [-0.4, -0.2) is 49.9 Å². The van der Waals surface area contributed by atoms with E-state index >= 15 is 0 Å². The van der Waals surface area contributed by atoms with E-state index in [1.165, 1.54) is 25.7 Å². The molecule has 3 rings (SSSR count). The van der Waals surface area contributed by atoms with Crippen molar-refractivity contribution in [2.75, 3.05) is 26.8 Å². The SMILES string of the molecule is CCOC1CC(NC(=NC)NCCOc2cccnc2)C12CCCC2.I. The number of guanidine groups is 1. The standard InChI is InChI=1S/C19H30N4O2.HI/c1-3-24-17-13-16(19(17)8-4-5-9-19)23-18(20-2)22-11-12-25-15-7-6-10-21-14-15;/h6-7,10,14,16-17H,3-5,8-9,11-13H2,1-2H3,(H2,20,22,23);1H. The normalized spacial score (nSPS) is 23.8. The van der Waals surface area contributed by atoms with Gasteiger partial charge in [0.1, 0.15) is 12.4 Å².